The number of imide groups is 1. The first-order chi connectivity index (χ1) is 17.0. The number of nitrogens with one attached hydrogen (secondary N) is 2. The van der Waals surface area contributed by atoms with Crippen molar-refractivity contribution in [1.82, 2.24) is 10.3 Å². The number of nitrogens with zero attached hydrogens (tertiary/aromatic N) is 2. The third-order valence-corrected chi connectivity index (χ3v) is 7.00. The van der Waals surface area contributed by atoms with Crippen LogP contribution in [-0.2, 0) is 22.4 Å². The molecule has 10 heteroatoms. The maximum atomic E-state index is 12.7. The van der Waals surface area contributed by atoms with E-state index in [2.05, 4.69) is 47.0 Å². The second kappa shape index (κ2) is 13.7. The Morgan fingerprint density at radius 1 is 1.09 bits per heavy atom. The quantitative estimate of drug-likeness (QED) is 0.0826. The summed E-state index contributed by atoms with van der Waals surface area (Å²) < 4.78 is 5.62. The van der Waals surface area contributed by atoms with Gasteiger partial charge in [-0.15, -0.1) is 0 Å². The largest absolute Gasteiger partial charge is 0.363 e. The predicted molar refractivity (Wildman–Crippen MR) is 141 cm³/mol. The van der Waals surface area contributed by atoms with Crippen molar-refractivity contribution in [1.29, 1.82) is 0 Å². The maximum absolute atomic E-state index is 12.7. The van der Waals surface area contributed by atoms with Crippen LogP contribution in [0.2, 0.25) is 0 Å². The molecule has 35 heavy (non-hydrogen) atoms. The number of hydrazine groups is 1. The van der Waals surface area contributed by atoms with Crippen LogP contribution in [0.4, 0.5) is 10.5 Å². The molecule has 0 aromatic heterocycles. The van der Waals surface area contributed by atoms with E-state index in [0.717, 1.165) is 42.3 Å². The molecule has 1 atom stereocenters. The molecule has 1 fully saturated rings. The summed E-state index contributed by atoms with van der Waals surface area (Å²) in [6, 6.07) is 15.9. The van der Waals surface area contributed by atoms with E-state index in [1.165, 1.54) is 16.0 Å². The summed E-state index contributed by atoms with van der Waals surface area (Å²) in [7, 11) is 0. The number of hydrazone groups is 1. The van der Waals surface area contributed by atoms with Gasteiger partial charge >= 0.3 is 0 Å². The molecule has 1 aliphatic rings. The van der Waals surface area contributed by atoms with Gasteiger partial charge in [0, 0.05) is 24.4 Å². The topological polar surface area (TPSA) is 135 Å². The fourth-order valence-electron chi connectivity index (χ4n) is 3.74. The molecule has 3 rings (SSSR count). The number of carbonyl (C=O) groups is 2. The van der Waals surface area contributed by atoms with Crippen LogP contribution in [0.25, 0.3) is 0 Å². The van der Waals surface area contributed by atoms with Gasteiger partial charge in [-0.25, -0.2) is 5.84 Å². The van der Waals surface area contributed by atoms with Gasteiger partial charge in [0.05, 0.1) is 5.25 Å². The third kappa shape index (κ3) is 7.71. The number of amides is 2. The highest BCUT2D eigenvalue weighted by Crippen LogP contribution is 2.30. The summed E-state index contributed by atoms with van der Waals surface area (Å²) in [5.74, 6) is 11.0. The van der Waals surface area contributed by atoms with Gasteiger partial charge in [-0.2, -0.15) is 5.10 Å². The monoisotopic (exact) mass is 498 g/mol. The molecule has 6 N–H and O–H groups in total. The molecule has 1 saturated heterocycles. The lowest BCUT2D eigenvalue weighted by molar-refractivity contribution is -0.126. The molecular formula is C25H34N6O3S. The highest BCUT2D eigenvalue weighted by molar-refractivity contribution is 8.15. The summed E-state index contributed by atoms with van der Waals surface area (Å²) in [6.07, 6.45) is 3.95. The highest BCUT2D eigenvalue weighted by Gasteiger charge is 2.38. The number of aryl methyl sites for hydroxylation is 2. The van der Waals surface area contributed by atoms with Crippen LogP contribution < -0.4 is 22.4 Å². The molecule has 1 heterocycles. The number of rotatable bonds is 13. The van der Waals surface area contributed by atoms with Crippen molar-refractivity contribution in [3.8, 4) is 0 Å². The molecule has 9 nitrogen and oxygen atoms in total. The summed E-state index contributed by atoms with van der Waals surface area (Å²) in [5, 5.41) is 6.31. The van der Waals surface area contributed by atoms with E-state index in [1.807, 2.05) is 24.3 Å². The standard InChI is InChI=1S/C25H34N6O3S/c1-2-18-5-7-19(8-6-18)9-14-22-24(32)31(25(33)35-22)15-3-4-16-34-17-28-21-12-10-20(11-13-21)23(29-26)30-27/h5-8,10-13,22,28H,2-4,9,14-17,26-27H2,1H3,(H,29,30). The van der Waals surface area contributed by atoms with Crippen molar-refractivity contribution in [3.05, 3.63) is 65.2 Å². The van der Waals surface area contributed by atoms with Crippen molar-refractivity contribution in [2.24, 2.45) is 16.8 Å². The van der Waals surface area contributed by atoms with Crippen LogP contribution in [0.5, 0.6) is 0 Å². The molecule has 2 amide bonds. The lowest BCUT2D eigenvalue weighted by Crippen LogP contribution is -2.32. The molecule has 1 aliphatic heterocycles. The zero-order valence-corrected chi connectivity index (χ0v) is 20.9. The number of hydrogen-bond donors (Lipinski definition) is 4. The zero-order valence-electron chi connectivity index (χ0n) is 20.0. The summed E-state index contributed by atoms with van der Waals surface area (Å²) in [5.41, 5.74) is 6.60. The second-order valence-electron chi connectivity index (χ2n) is 8.21. The highest BCUT2D eigenvalue weighted by atomic mass is 32.2. The van der Waals surface area contributed by atoms with E-state index in [0.29, 0.717) is 38.6 Å². The summed E-state index contributed by atoms with van der Waals surface area (Å²) in [6.45, 7) is 3.45. The molecule has 0 bridgehead atoms. The van der Waals surface area contributed by atoms with Crippen LogP contribution in [0, 0.1) is 0 Å². The van der Waals surface area contributed by atoms with Gasteiger partial charge in [0.2, 0.25) is 5.91 Å². The lowest BCUT2D eigenvalue weighted by Gasteiger charge is -2.14. The van der Waals surface area contributed by atoms with Crippen molar-refractivity contribution >= 4 is 34.4 Å². The average Bonchev–Trinajstić information content (AvgIpc) is 3.16. The van der Waals surface area contributed by atoms with Gasteiger partial charge in [-0.05, 0) is 67.5 Å². The first-order valence-corrected chi connectivity index (χ1v) is 12.7. The number of hydrogen-bond acceptors (Lipinski definition) is 8. The van der Waals surface area contributed by atoms with Gasteiger partial charge in [0.15, 0.2) is 5.84 Å². The molecule has 0 spiro atoms. The van der Waals surface area contributed by atoms with Crippen LogP contribution in [0.3, 0.4) is 0 Å². The van der Waals surface area contributed by atoms with E-state index in [4.69, 9.17) is 16.4 Å². The Labute approximate surface area is 210 Å². The van der Waals surface area contributed by atoms with Gasteiger partial charge < -0.3 is 21.3 Å². The van der Waals surface area contributed by atoms with Gasteiger partial charge in [-0.3, -0.25) is 14.5 Å². The molecule has 2 aromatic rings. The number of benzene rings is 2. The number of amidine groups is 1. The van der Waals surface area contributed by atoms with Crippen LogP contribution in [-0.4, -0.2) is 47.0 Å². The number of nitrogens with two attached hydrogens (primary N) is 2. The van der Waals surface area contributed by atoms with Gasteiger partial charge in [0.25, 0.3) is 5.24 Å². The zero-order chi connectivity index (χ0) is 25.0. The SMILES string of the molecule is CCc1ccc(CCC2SC(=O)N(CCCCOCNc3ccc(/C(=N/N)NN)cc3)C2=O)cc1. The Morgan fingerprint density at radius 3 is 2.46 bits per heavy atom. The molecule has 0 saturated carbocycles. The van der Waals surface area contributed by atoms with Crippen molar-refractivity contribution in [2.45, 2.75) is 44.3 Å². The molecule has 1 unspecified atom stereocenters. The number of ether oxygens (including phenoxy) is 1. The summed E-state index contributed by atoms with van der Waals surface area (Å²) >= 11 is 1.15. The molecule has 188 valence electrons. The first-order valence-electron chi connectivity index (χ1n) is 11.8. The Bertz CT molecular complexity index is 997. The Balaban J connectivity index is 1.30. The van der Waals surface area contributed by atoms with Gasteiger partial charge in [-0.1, -0.05) is 43.0 Å². The number of anilines is 1. The predicted octanol–water partition coefficient (Wildman–Crippen LogP) is 3.20. The molecule has 0 aliphatic carbocycles. The van der Waals surface area contributed by atoms with E-state index >= 15 is 0 Å². The fourth-order valence-corrected chi connectivity index (χ4v) is 4.76. The normalized spacial score (nSPS) is 16.1. The van der Waals surface area contributed by atoms with Crippen molar-refractivity contribution in [3.63, 3.8) is 0 Å². The number of thioether (sulfide) groups is 1. The van der Waals surface area contributed by atoms with Crippen LogP contribution in [0.15, 0.2) is 53.6 Å². The minimum atomic E-state index is -0.284. The van der Waals surface area contributed by atoms with Crippen LogP contribution in [0.1, 0.15) is 42.9 Å². The van der Waals surface area contributed by atoms with Crippen LogP contribution >= 0.6 is 11.8 Å². The van der Waals surface area contributed by atoms with E-state index < -0.39 is 0 Å². The number of carbonyl (C=O) groups excluding carboxylic acids is 2. The third-order valence-electron chi connectivity index (χ3n) is 5.85. The van der Waals surface area contributed by atoms with Crippen molar-refractivity contribution in [2.75, 3.05) is 25.2 Å². The minimum Gasteiger partial charge on any atom is -0.363 e. The first kappa shape index (κ1) is 26.5. The Kier molecular flexibility index (Phi) is 10.4. The minimum absolute atomic E-state index is 0.0658. The van der Waals surface area contributed by atoms with E-state index in [1.54, 1.807) is 0 Å². The average molecular weight is 499 g/mol. The fraction of sp³-hybridized carbons (Fsp3) is 0.400. The Morgan fingerprint density at radius 2 is 1.80 bits per heavy atom. The second-order valence-corrected chi connectivity index (χ2v) is 9.36. The maximum Gasteiger partial charge on any atom is 0.289 e. The van der Waals surface area contributed by atoms with Gasteiger partial charge in [0.1, 0.15) is 6.73 Å². The molecular weight excluding hydrogens is 464 g/mol. The van der Waals surface area contributed by atoms with Crippen molar-refractivity contribution < 1.29 is 14.3 Å². The summed E-state index contributed by atoms with van der Waals surface area (Å²) in [4.78, 5) is 26.4. The molecule has 2 aromatic carbocycles. The molecule has 0 radical (unpaired) electrons. The lowest BCUT2D eigenvalue weighted by atomic mass is 10.0. The van der Waals surface area contributed by atoms with E-state index in [9.17, 15) is 9.59 Å². The number of unbranched alkanes of at least 4 members (excludes halogenated alkanes) is 1. The van der Waals surface area contributed by atoms with E-state index in [-0.39, 0.29) is 16.4 Å². The smallest absolute Gasteiger partial charge is 0.289 e. The Hall–Kier alpha value is -3.08.